The summed E-state index contributed by atoms with van der Waals surface area (Å²) in [7, 11) is 0. The lowest BCUT2D eigenvalue weighted by molar-refractivity contribution is 0.0740. The highest BCUT2D eigenvalue weighted by molar-refractivity contribution is 5.74. The number of benzene rings is 1. The Bertz CT molecular complexity index is 456. The average molecular weight is 290 g/mol. The van der Waals surface area contributed by atoms with Gasteiger partial charge in [0.25, 0.3) is 0 Å². The van der Waals surface area contributed by atoms with E-state index in [1.54, 1.807) is 0 Å². The Morgan fingerprint density at radius 2 is 2.14 bits per heavy atom. The Balaban J connectivity index is 1.75. The van der Waals surface area contributed by atoms with Crippen LogP contribution in [-0.4, -0.2) is 41.8 Å². The zero-order chi connectivity index (χ0) is 15.2. The van der Waals surface area contributed by atoms with Gasteiger partial charge < -0.3 is 15.3 Å². The van der Waals surface area contributed by atoms with Crippen LogP contribution in [0.5, 0.6) is 0 Å². The molecule has 1 heterocycles. The summed E-state index contributed by atoms with van der Waals surface area (Å²) in [6.45, 7) is 5.98. The molecule has 1 saturated heterocycles. The van der Waals surface area contributed by atoms with E-state index in [1.807, 2.05) is 11.8 Å². The van der Waals surface area contributed by atoms with Crippen LogP contribution < -0.4 is 5.32 Å². The van der Waals surface area contributed by atoms with Crippen molar-refractivity contribution in [1.82, 2.24) is 10.2 Å². The van der Waals surface area contributed by atoms with E-state index in [4.69, 9.17) is 0 Å². The van der Waals surface area contributed by atoms with Crippen LogP contribution in [0.3, 0.4) is 0 Å². The minimum atomic E-state index is -0.340. The van der Waals surface area contributed by atoms with E-state index in [9.17, 15) is 9.90 Å². The molecule has 1 aromatic carbocycles. The Morgan fingerprint density at radius 1 is 1.43 bits per heavy atom. The van der Waals surface area contributed by atoms with E-state index in [-0.39, 0.29) is 18.1 Å². The summed E-state index contributed by atoms with van der Waals surface area (Å²) in [4.78, 5) is 14.0. The van der Waals surface area contributed by atoms with Crippen molar-refractivity contribution in [2.24, 2.45) is 5.92 Å². The van der Waals surface area contributed by atoms with Crippen molar-refractivity contribution in [3.8, 4) is 0 Å². The fourth-order valence-electron chi connectivity index (χ4n) is 2.77. The van der Waals surface area contributed by atoms with Gasteiger partial charge in [-0.1, -0.05) is 29.8 Å². The van der Waals surface area contributed by atoms with Crippen molar-refractivity contribution in [2.45, 2.75) is 39.2 Å². The van der Waals surface area contributed by atoms with Crippen molar-refractivity contribution >= 4 is 6.03 Å². The van der Waals surface area contributed by atoms with Crippen LogP contribution in [0.25, 0.3) is 0 Å². The molecule has 0 bridgehead atoms. The molecule has 21 heavy (non-hydrogen) atoms. The Labute approximate surface area is 127 Å². The van der Waals surface area contributed by atoms with Gasteiger partial charge in [-0.05, 0) is 38.7 Å². The summed E-state index contributed by atoms with van der Waals surface area (Å²) in [5.41, 5.74) is 2.49. The van der Waals surface area contributed by atoms with Gasteiger partial charge in [-0.3, -0.25) is 0 Å². The number of carbonyl (C=O) groups excluding carboxylic acids is 1. The van der Waals surface area contributed by atoms with Crippen LogP contribution in [0.1, 0.15) is 30.9 Å². The van der Waals surface area contributed by atoms with Gasteiger partial charge in [0.15, 0.2) is 0 Å². The van der Waals surface area contributed by atoms with Crippen molar-refractivity contribution < 1.29 is 9.90 Å². The number of aryl methyl sites for hydroxylation is 1. The van der Waals surface area contributed by atoms with Crippen LogP contribution >= 0.6 is 0 Å². The highest BCUT2D eigenvalue weighted by Crippen LogP contribution is 2.19. The zero-order valence-electron chi connectivity index (χ0n) is 13.0. The van der Waals surface area contributed by atoms with Crippen molar-refractivity contribution in [3.05, 3.63) is 35.4 Å². The molecular weight excluding hydrogens is 264 g/mol. The summed E-state index contributed by atoms with van der Waals surface area (Å²) in [5.74, 6) is 0.210. The van der Waals surface area contributed by atoms with Gasteiger partial charge in [-0.2, -0.15) is 0 Å². The predicted octanol–water partition coefficient (Wildman–Crippen LogP) is 2.34. The number of piperidine rings is 1. The summed E-state index contributed by atoms with van der Waals surface area (Å²) in [6.07, 6.45) is 2.49. The molecule has 2 N–H and O–H groups in total. The molecule has 2 rings (SSSR count). The number of urea groups is 1. The summed E-state index contributed by atoms with van der Waals surface area (Å²) < 4.78 is 0. The van der Waals surface area contributed by atoms with Crippen molar-refractivity contribution in [1.29, 1.82) is 0 Å². The number of nitrogens with zero attached hydrogens (tertiary/aromatic N) is 1. The zero-order valence-corrected chi connectivity index (χ0v) is 13.0. The molecule has 0 aliphatic carbocycles. The molecule has 2 unspecified atom stereocenters. The van der Waals surface area contributed by atoms with E-state index in [0.717, 1.165) is 25.8 Å². The van der Waals surface area contributed by atoms with Crippen LogP contribution in [0.15, 0.2) is 24.3 Å². The SMILES string of the molecule is Cc1ccc(CCNC(=O)N2CCCC(C(C)O)C2)cc1. The first kappa shape index (κ1) is 15.8. The lowest BCUT2D eigenvalue weighted by Crippen LogP contribution is -2.47. The number of aliphatic hydroxyl groups is 1. The lowest BCUT2D eigenvalue weighted by Gasteiger charge is -2.34. The largest absolute Gasteiger partial charge is 0.393 e. The van der Waals surface area contributed by atoms with E-state index < -0.39 is 0 Å². The minimum absolute atomic E-state index is 0.00698. The van der Waals surface area contributed by atoms with Crippen LogP contribution in [0, 0.1) is 12.8 Å². The molecule has 4 nitrogen and oxygen atoms in total. The first-order chi connectivity index (χ1) is 10.1. The molecule has 116 valence electrons. The molecule has 4 heteroatoms. The second kappa shape index (κ2) is 7.46. The van der Waals surface area contributed by atoms with Gasteiger partial charge in [0.2, 0.25) is 0 Å². The topological polar surface area (TPSA) is 52.6 Å². The summed E-state index contributed by atoms with van der Waals surface area (Å²) >= 11 is 0. The highest BCUT2D eigenvalue weighted by atomic mass is 16.3. The standard InChI is InChI=1S/C17H26N2O2/c1-13-5-7-15(8-6-13)9-10-18-17(21)19-11-3-4-16(12-19)14(2)20/h5-8,14,16,20H,3-4,9-12H2,1-2H3,(H,18,21). The lowest BCUT2D eigenvalue weighted by atomic mass is 9.94. The summed E-state index contributed by atoms with van der Waals surface area (Å²) in [5, 5.41) is 12.6. The number of likely N-dealkylation sites (tertiary alicyclic amines) is 1. The molecule has 0 radical (unpaired) electrons. The molecule has 0 spiro atoms. The van der Waals surface area contributed by atoms with Crippen LogP contribution in [0.4, 0.5) is 4.79 Å². The molecule has 0 aromatic heterocycles. The quantitative estimate of drug-likeness (QED) is 0.894. The van der Waals surface area contributed by atoms with E-state index >= 15 is 0 Å². The number of hydrogen-bond donors (Lipinski definition) is 2. The second-order valence-electron chi connectivity index (χ2n) is 6.06. The first-order valence-corrected chi connectivity index (χ1v) is 7.82. The van der Waals surface area contributed by atoms with E-state index in [2.05, 4.69) is 36.5 Å². The van der Waals surface area contributed by atoms with Gasteiger partial charge in [0.1, 0.15) is 0 Å². The van der Waals surface area contributed by atoms with Gasteiger partial charge in [0.05, 0.1) is 6.10 Å². The molecule has 1 aliphatic heterocycles. The summed E-state index contributed by atoms with van der Waals surface area (Å²) in [6, 6.07) is 8.38. The smallest absolute Gasteiger partial charge is 0.317 e. The van der Waals surface area contributed by atoms with Crippen LogP contribution in [-0.2, 0) is 6.42 Å². The predicted molar refractivity (Wildman–Crippen MR) is 84.3 cm³/mol. The third-order valence-electron chi connectivity index (χ3n) is 4.24. The number of hydrogen-bond acceptors (Lipinski definition) is 2. The normalized spacial score (nSPS) is 20.1. The maximum atomic E-state index is 12.1. The maximum absolute atomic E-state index is 12.1. The highest BCUT2D eigenvalue weighted by Gasteiger charge is 2.26. The molecule has 1 fully saturated rings. The number of aliphatic hydroxyl groups excluding tert-OH is 1. The van der Waals surface area contributed by atoms with Gasteiger partial charge in [-0.25, -0.2) is 4.79 Å². The first-order valence-electron chi connectivity index (χ1n) is 7.82. The third-order valence-corrected chi connectivity index (χ3v) is 4.24. The Morgan fingerprint density at radius 3 is 2.81 bits per heavy atom. The number of nitrogens with one attached hydrogen (secondary N) is 1. The van der Waals surface area contributed by atoms with Crippen molar-refractivity contribution in [3.63, 3.8) is 0 Å². The van der Waals surface area contributed by atoms with E-state index in [1.165, 1.54) is 11.1 Å². The molecule has 2 amide bonds. The third kappa shape index (κ3) is 4.74. The second-order valence-corrected chi connectivity index (χ2v) is 6.06. The van der Waals surface area contributed by atoms with Gasteiger partial charge in [-0.15, -0.1) is 0 Å². The minimum Gasteiger partial charge on any atom is -0.393 e. The van der Waals surface area contributed by atoms with Gasteiger partial charge in [0, 0.05) is 25.6 Å². The molecular formula is C17H26N2O2. The molecule has 1 aliphatic rings. The molecule has 2 atom stereocenters. The maximum Gasteiger partial charge on any atom is 0.317 e. The molecule has 0 saturated carbocycles. The monoisotopic (exact) mass is 290 g/mol. The number of amides is 2. The van der Waals surface area contributed by atoms with Crippen LogP contribution in [0.2, 0.25) is 0 Å². The van der Waals surface area contributed by atoms with E-state index in [0.29, 0.717) is 13.1 Å². The molecule has 1 aromatic rings. The number of rotatable bonds is 4. The fraction of sp³-hybridized carbons (Fsp3) is 0.588. The average Bonchev–Trinajstić information content (AvgIpc) is 2.49. The van der Waals surface area contributed by atoms with Gasteiger partial charge >= 0.3 is 6.03 Å². The van der Waals surface area contributed by atoms with Crippen molar-refractivity contribution in [2.75, 3.05) is 19.6 Å². The number of carbonyl (C=O) groups is 1. The Kier molecular flexibility index (Phi) is 5.62. The Hall–Kier alpha value is -1.55. The fourth-order valence-corrected chi connectivity index (χ4v) is 2.77.